The summed E-state index contributed by atoms with van der Waals surface area (Å²) in [5.74, 6) is -1.98. The number of hydrogen-bond acceptors (Lipinski definition) is 4. The Kier molecular flexibility index (Phi) is 5.31. The molecule has 0 radical (unpaired) electrons. The van der Waals surface area contributed by atoms with E-state index in [1.165, 1.54) is 37.6 Å². The highest BCUT2D eigenvalue weighted by atomic mass is 16.2. The Bertz CT molecular complexity index is 517. The van der Waals surface area contributed by atoms with Crippen molar-refractivity contribution in [2.75, 3.05) is 18.0 Å². The van der Waals surface area contributed by atoms with Crippen molar-refractivity contribution in [3.63, 3.8) is 0 Å². The van der Waals surface area contributed by atoms with Gasteiger partial charge in [-0.2, -0.15) is 5.10 Å². The molecule has 0 atom stereocenters. The van der Waals surface area contributed by atoms with Crippen LogP contribution in [0.3, 0.4) is 0 Å². The number of benzene rings is 1. The SMILES string of the molecule is NC(=O)C(=O)N/N=C\c1ccc(N2CCCCCC2)cc1. The standard InChI is InChI=1S/C15H20N4O2/c16-14(20)15(21)18-17-11-12-5-7-13(8-6-12)19-9-3-1-2-4-10-19/h5-8,11H,1-4,9-10H2,(H2,16,20)(H,18,21)/b17-11-. The highest BCUT2D eigenvalue weighted by molar-refractivity contribution is 6.34. The van der Waals surface area contributed by atoms with Gasteiger partial charge >= 0.3 is 11.8 Å². The molecule has 2 amide bonds. The number of nitrogens with zero attached hydrogens (tertiary/aromatic N) is 2. The Hall–Kier alpha value is -2.37. The molecule has 1 aromatic rings. The molecular formula is C15H20N4O2. The van der Waals surface area contributed by atoms with Crippen molar-refractivity contribution in [2.24, 2.45) is 10.8 Å². The second-order valence-electron chi connectivity index (χ2n) is 5.06. The van der Waals surface area contributed by atoms with Gasteiger partial charge in [0.2, 0.25) is 0 Å². The van der Waals surface area contributed by atoms with E-state index < -0.39 is 11.8 Å². The number of hydrogen-bond donors (Lipinski definition) is 2. The molecule has 0 saturated carbocycles. The van der Waals surface area contributed by atoms with Crippen molar-refractivity contribution in [1.82, 2.24) is 5.43 Å². The van der Waals surface area contributed by atoms with E-state index in [0.29, 0.717) is 0 Å². The molecule has 1 aromatic carbocycles. The van der Waals surface area contributed by atoms with E-state index in [2.05, 4.69) is 15.4 Å². The van der Waals surface area contributed by atoms with Gasteiger partial charge in [-0.3, -0.25) is 9.59 Å². The van der Waals surface area contributed by atoms with Crippen LogP contribution >= 0.6 is 0 Å². The average Bonchev–Trinajstić information content (AvgIpc) is 2.77. The lowest BCUT2D eigenvalue weighted by molar-refractivity contribution is -0.137. The minimum absolute atomic E-state index is 0.846. The quantitative estimate of drug-likeness (QED) is 0.494. The molecule has 0 bridgehead atoms. The van der Waals surface area contributed by atoms with Crippen molar-refractivity contribution in [1.29, 1.82) is 0 Å². The summed E-state index contributed by atoms with van der Waals surface area (Å²) in [5, 5.41) is 3.68. The van der Waals surface area contributed by atoms with E-state index in [-0.39, 0.29) is 0 Å². The molecule has 2 rings (SSSR count). The van der Waals surface area contributed by atoms with Crippen molar-refractivity contribution in [2.45, 2.75) is 25.7 Å². The normalized spacial score (nSPS) is 15.7. The van der Waals surface area contributed by atoms with Crippen LogP contribution in [0.4, 0.5) is 5.69 Å². The maximum atomic E-state index is 10.9. The largest absolute Gasteiger partial charge is 0.372 e. The zero-order valence-electron chi connectivity index (χ0n) is 11.9. The summed E-state index contributed by atoms with van der Waals surface area (Å²) in [5.41, 5.74) is 8.91. The van der Waals surface area contributed by atoms with Gasteiger partial charge in [-0.15, -0.1) is 0 Å². The van der Waals surface area contributed by atoms with Crippen LogP contribution in [0.1, 0.15) is 31.2 Å². The fraction of sp³-hybridized carbons (Fsp3) is 0.400. The molecule has 1 saturated heterocycles. The molecule has 3 N–H and O–H groups in total. The summed E-state index contributed by atoms with van der Waals surface area (Å²) in [4.78, 5) is 23.8. The Morgan fingerprint density at radius 3 is 2.29 bits per heavy atom. The number of amides is 2. The zero-order valence-corrected chi connectivity index (χ0v) is 11.9. The van der Waals surface area contributed by atoms with Gasteiger partial charge in [-0.1, -0.05) is 25.0 Å². The average molecular weight is 288 g/mol. The smallest absolute Gasteiger partial charge is 0.329 e. The lowest BCUT2D eigenvalue weighted by Crippen LogP contribution is -2.32. The van der Waals surface area contributed by atoms with Crippen molar-refractivity contribution < 1.29 is 9.59 Å². The monoisotopic (exact) mass is 288 g/mol. The number of primary amides is 1. The molecule has 0 unspecified atom stereocenters. The number of nitrogens with one attached hydrogen (secondary N) is 1. The van der Waals surface area contributed by atoms with Crippen LogP contribution < -0.4 is 16.1 Å². The molecule has 0 aromatic heterocycles. The molecule has 112 valence electrons. The van der Waals surface area contributed by atoms with E-state index in [4.69, 9.17) is 5.73 Å². The lowest BCUT2D eigenvalue weighted by atomic mass is 10.2. The number of nitrogens with two attached hydrogens (primary N) is 1. The summed E-state index contributed by atoms with van der Waals surface area (Å²) in [6.07, 6.45) is 6.57. The zero-order chi connectivity index (χ0) is 15.1. The molecule has 6 nitrogen and oxygen atoms in total. The van der Waals surface area contributed by atoms with Gasteiger partial charge in [0.1, 0.15) is 0 Å². The van der Waals surface area contributed by atoms with Gasteiger partial charge in [-0.05, 0) is 30.5 Å². The molecule has 1 heterocycles. The van der Waals surface area contributed by atoms with E-state index in [1.54, 1.807) is 0 Å². The van der Waals surface area contributed by atoms with Gasteiger partial charge in [0.15, 0.2) is 0 Å². The van der Waals surface area contributed by atoms with Crippen molar-refractivity contribution in [3.8, 4) is 0 Å². The molecule has 0 aliphatic carbocycles. The van der Waals surface area contributed by atoms with Gasteiger partial charge in [0, 0.05) is 18.8 Å². The third kappa shape index (κ3) is 4.59. The summed E-state index contributed by atoms with van der Waals surface area (Å²) >= 11 is 0. The van der Waals surface area contributed by atoms with Crippen LogP contribution in [0.5, 0.6) is 0 Å². The van der Waals surface area contributed by atoms with Crippen LogP contribution in [0, 0.1) is 0 Å². The minimum Gasteiger partial charge on any atom is -0.372 e. The summed E-state index contributed by atoms with van der Waals surface area (Å²) in [6, 6.07) is 7.95. The van der Waals surface area contributed by atoms with Crippen LogP contribution in [-0.2, 0) is 9.59 Å². The van der Waals surface area contributed by atoms with Crippen LogP contribution in [0.25, 0.3) is 0 Å². The first-order valence-corrected chi connectivity index (χ1v) is 7.14. The van der Waals surface area contributed by atoms with Crippen LogP contribution in [0.2, 0.25) is 0 Å². The molecule has 1 fully saturated rings. The van der Waals surface area contributed by atoms with E-state index in [9.17, 15) is 9.59 Å². The van der Waals surface area contributed by atoms with Gasteiger partial charge in [0.25, 0.3) is 0 Å². The Labute approximate surface area is 124 Å². The first-order valence-electron chi connectivity index (χ1n) is 7.14. The van der Waals surface area contributed by atoms with E-state index >= 15 is 0 Å². The Morgan fingerprint density at radius 1 is 1.10 bits per heavy atom. The third-order valence-corrected chi connectivity index (χ3v) is 3.47. The van der Waals surface area contributed by atoms with Gasteiger partial charge < -0.3 is 10.6 Å². The minimum atomic E-state index is -1.05. The predicted molar refractivity (Wildman–Crippen MR) is 82.1 cm³/mol. The number of carbonyl (C=O) groups is 2. The highest BCUT2D eigenvalue weighted by Gasteiger charge is 2.09. The molecule has 0 spiro atoms. The van der Waals surface area contributed by atoms with Crippen molar-refractivity contribution >= 4 is 23.7 Å². The lowest BCUT2D eigenvalue weighted by Gasteiger charge is -2.22. The third-order valence-electron chi connectivity index (χ3n) is 3.47. The molecule has 1 aliphatic heterocycles. The number of rotatable bonds is 3. The summed E-state index contributed by atoms with van der Waals surface area (Å²) < 4.78 is 0. The van der Waals surface area contributed by atoms with Crippen LogP contribution in [-0.4, -0.2) is 31.1 Å². The molecule has 21 heavy (non-hydrogen) atoms. The highest BCUT2D eigenvalue weighted by Crippen LogP contribution is 2.19. The predicted octanol–water partition coefficient (Wildman–Crippen LogP) is 1.00. The number of carbonyl (C=O) groups excluding carboxylic acids is 2. The number of anilines is 1. The Balaban J connectivity index is 1.93. The van der Waals surface area contributed by atoms with Gasteiger partial charge in [-0.25, -0.2) is 5.43 Å². The second-order valence-corrected chi connectivity index (χ2v) is 5.06. The van der Waals surface area contributed by atoms with Crippen LogP contribution in [0.15, 0.2) is 29.4 Å². The second kappa shape index (κ2) is 7.42. The molecule has 6 heteroatoms. The molecule has 1 aliphatic rings. The topological polar surface area (TPSA) is 87.8 Å². The maximum Gasteiger partial charge on any atom is 0.329 e. The fourth-order valence-electron chi connectivity index (χ4n) is 2.32. The maximum absolute atomic E-state index is 10.9. The first-order chi connectivity index (χ1) is 10.2. The van der Waals surface area contributed by atoms with E-state index in [1.807, 2.05) is 24.3 Å². The first kappa shape index (κ1) is 15.0. The van der Waals surface area contributed by atoms with Gasteiger partial charge in [0.05, 0.1) is 6.21 Å². The summed E-state index contributed by atoms with van der Waals surface area (Å²) in [7, 11) is 0. The molecular weight excluding hydrogens is 268 g/mol. The fourth-order valence-corrected chi connectivity index (χ4v) is 2.32. The summed E-state index contributed by atoms with van der Waals surface area (Å²) in [6.45, 7) is 2.20. The van der Waals surface area contributed by atoms with E-state index in [0.717, 1.165) is 18.7 Å². The van der Waals surface area contributed by atoms with Crippen molar-refractivity contribution in [3.05, 3.63) is 29.8 Å². The Morgan fingerprint density at radius 2 is 1.71 bits per heavy atom. The number of hydrazone groups is 1.